The molecule has 2 rings (SSSR count). The molecule has 1 heterocycles. The average Bonchev–Trinajstić information content (AvgIpc) is 2.52. The zero-order valence-corrected chi connectivity index (χ0v) is 14.9. The highest BCUT2D eigenvalue weighted by Gasteiger charge is 2.29. The molecular weight excluding hydrogens is 350 g/mol. The van der Waals surface area contributed by atoms with Crippen molar-refractivity contribution in [1.82, 2.24) is 10.3 Å². The molecule has 0 saturated carbocycles. The molecule has 24 heavy (non-hydrogen) atoms. The number of benzene rings is 1. The lowest BCUT2D eigenvalue weighted by Gasteiger charge is -2.28. The van der Waals surface area contributed by atoms with Crippen LogP contribution in [-0.4, -0.2) is 31.6 Å². The second-order valence-corrected chi connectivity index (χ2v) is 7.58. The second-order valence-electron chi connectivity index (χ2n) is 5.29. The maximum Gasteiger partial charge on any atom is 0.243 e. The SMILES string of the molecule is CC(C(=O)NCc1ccncc1)N(c1cccc(Cl)c1)S(C)(=O)=O. The standard InChI is InChI=1S/C16H18ClN3O3S/c1-12(16(21)19-11-13-6-8-18-9-7-13)20(24(2,22)23)15-5-3-4-14(17)10-15/h3-10,12H,11H2,1-2H3,(H,19,21). The predicted molar refractivity (Wildman–Crippen MR) is 94.3 cm³/mol. The van der Waals surface area contributed by atoms with Crippen LogP contribution in [0, 0.1) is 0 Å². The number of aromatic nitrogens is 1. The lowest BCUT2D eigenvalue weighted by Crippen LogP contribution is -2.47. The van der Waals surface area contributed by atoms with Crippen molar-refractivity contribution in [3.8, 4) is 0 Å². The third-order valence-electron chi connectivity index (χ3n) is 3.37. The number of anilines is 1. The first-order chi connectivity index (χ1) is 11.3. The van der Waals surface area contributed by atoms with Crippen LogP contribution in [0.4, 0.5) is 5.69 Å². The van der Waals surface area contributed by atoms with Gasteiger partial charge in [-0.2, -0.15) is 0 Å². The number of halogens is 1. The van der Waals surface area contributed by atoms with Crippen LogP contribution in [0.15, 0.2) is 48.8 Å². The molecule has 1 N–H and O–H groups in total. The van der Waals surface area contributed by atoms with E-state index in [2.05, 4.69) is 10.3 Å². The Labute approximate surface area is 146 Å². The summed E-state index contributed by atoms with van der Waals surface area (Å²) >= 11 is 5.94. The predicted octanol–water partition coefficient (Wildman–Crippen LogP) is 2.21. The van der Waals surface area contributed by atoms with Gasteiger partial charge < -0.3 is 5.32 Å². The summed E-state index contributed by atoms with van der Waals surface area (Å²) in [7, 11) is -3.66. The second kappa shape index (κ2) is 7.63. The number of carbonyl (C=O) groups is 1. The number of carbonyl (C=O) groups excluding carboxylic acids is 1. The summed E-state index contributed by atoms with van der Waals surface area (Å²) < 4.78 is 25.4. The molecule has 0 fully saturated rings. The highest BCUT2D eigenvalue weighted by Crippen LogP contribution is 2.24. The Kier molecular flexibility index (Phi) is 5.80. The lowest BCUT2D eigenvalue weighted by molar-refractivity contribution is -0.122. The van der Waals surface area contributed by atoms with Crippen LogP contribution >= 0.6 is 11.6 Å². The first-order valence-electron chi connectivity index (χ1n) is 7.20. The minimum atomic E-state index is -3.66. The lowest BCUT2D eigenvalue weighted by atomic mass is 10.2. The highest BCUT2D eigenvalue weighted by molar-refractivity contribution is 7.92. The van der Waals surface area contributed by atoms with E-state index in [0.717, 1.165) is 16.1 Å². The first kappa shape index (κ1) is 18.2. The molecule has 0 spiro atoms. The molecular formula is C16H18ClN3O3S. The van der Waals surface area contributed by atoms with Crippen LogP contribution in [0.2, 0.25) is 5.02 Å². The molecule has 1 aromatic carbocycles. The van der Waals surface area contributed by atoms with Gasteiger partial charge in [0.25, 0.3) is 0 Å². The van der Waals surface area contributed by atoms with Crippen molar-refractivity contribution in [2.45, 2.75) is 19.5 Å². The van der Waals surface area contributed by atoms with Crippen LogP contribution in [0.5, 0.6) is 0 Å². The van der Waals surface area contributed by atoms with Crippen LogP contribution in [0.1, 0.15) is 12.5 Å². The van der Waals surface area contributed by atoms with E-state index >= 15 is 0 Å². The molecule has 128 valence electrons. The molecule has 0 radical (unpaired) electrons. The molecule has 6 nitrogen and oxygen atoms in total. The van der Waals surface area contributed by atoms with E-state index in [1.165, 1.54) is 13.0 Å². The Morgan fingerprint density at radius 3 is 2.54 bits per heavy atom. The number of amides is 1. The van der Waals surface area contributed by atoms with E-state index < -0.39 is 22.0 Å². The minimum absolute atomic E-state index is 0.291. The fourth-order valence-electron chi connectivity index (χ4n) is 2.26. The monoisotopic (exact) mass is 367 g/mol. The largest absolute Gasteiger partial charge is 0.350 e. The van der Waals surface area contributed by atoms with Gasteiger partial charge in [-0.15, -0.1) is 0 Å². The molecule has 0 bridgehead atoms. The summed E-state index contributed by atoms with van der Waals surface area (Å²) in [6, 6.07) is 9.01. The number of nitrogens with zero attached hydrogens (tertiary/aromatic N) is 2. The molecule has 1 atom stereocenters. The van der Waals surface area contributed by atoms with Gasteiger partial charge in [0, 0.05) is 24.0 Å². The number of hydrogen-bond donors (Lipinski definition) is 1. The van der Waals surface area contributed by atoms with Gasteiger partial charge >= 0.3 is 0 Å². The summed E-state index contributed by atoms with van der Waals surface area (Å²) in [4.78, 5) is 16.3. The van der Waals surface area contributed by atoms with Crippen molar-refractivity contribution in [2.75, 3.05) is 10.6 Å². The summed E-state index contributed by atoms with van der Waals surface area (Å²) in [5, 5.41) is 3.12. The Hall–Kier alpha value is -2.12. The molecule has 0 aliphatic carbocycles. The molecule has 8 heteroatoms. The molecule has 1 unspecified atom stereocenters. The van der Waals surface area contributed by atoms with Gasteiger partial charge in [0.15, 0.2) is 0 Å². The summed E-state index contributed by atoms with van der Waals surface area (Å²) in [6.07, 6.45) is 4.31. The highest BCUT2D eigenvalue weighted by atomic mass is 35.5. The number of rotatable bonds is 6. The molecule has 2 aromatic rings. The number of nitrogens with one attached hydrogen (secondary N) is 1. The molecule has 1 aromatic heterocycles. The van der Waals surface area contributed by atoms with Crippen molar-refractivity contribution in [2.24, 2.45) is 0 Å². The third kappa shape index (κ3) is 4.69. The van der Waals surface area contributed by atoms with Crippen LogP contribution in [0.25, 0.3) is 0 Å². The maximum atomic E-state index is 12.4. The van der Waals surface area contributed by atoms with Crippen LogP contribution < -0.4 is 9.62 Å². The van der Waals surface area contributed by atoms with E-state index in [0.29, 0.717) is 17.3 Å². The van der Waals surface area contributed by atoms with Gasteiger partial charge in [-0.25, -0.2) is 8.42 Å². The van der Waals surface area contributed by atoms with Crippen molar-refractivity contribution in [3.05, 3.63) is 59.4 Å². The molecule has 0 aliphatic rings. The van der Waals surface area contributed by atoms with Gasteiger partial charge in [-0.1, -0.05) is 17.7 Å². The van der Waals surface area contributed by atoms with Gasteiger partial charge in [0.1, 0.15) is 6.04 Å². The number of hydrogen-bond acceptors (Lipinski definition) is 4. The third-order valence-corrected chi connectivity index (χ3v) is 4.84. The quantitative estimate of drug-likeness (QED) is 0.848. The zero-order chi connectivity index (χ0) is 17.7. The Balaban J connectivity index is 2.19. The Morgan fingerprint density at radius 1 is 1.29 bits per heavy atom. The average molecular weight is 368 g/mol. The van der Waals surface area contributed by atoms with Crippen molar-refractivity contribution in [1.29, 1.82) is 0 Å². The van der Waals surface area contributed by atoms with E-state index in [1.54, 1.807) is 42.7 Å². The normalized spacial score (nSPS) is 12.5. The smallest absolute Gasteiger partial charge is 0.243 e. The summed E-state index contributed by atoms with van der Waals surface area (Å²) in [5.41, 5.74) is 1.22. The van der Waals surface area contributed by atoms with Crippen molar-refractivity contribution < 1.29 is 13.2 Å². The van der Waals surface area contributed by atoms with Crippen LogP contribution in [-0.2, 0) is 21.4 Å². The minimum Gasteiger partial charge on any atom is -0.350 e. The van der Waals surface area contributed by atoms with Gasteiger partial charge in [0.2, 0.25) is 15.9 Å². The van der Waals surface area contributed by atoms with Gasteiger partial charge in [-0.05, 0) is 42.8 Å². The maximum absolute atomic E-state index is 12.4. The Morgan fingerprint density at radius 2 is 1.96 bits per heavy atom. The van der Waals surface area contributed by atoms with Crippen LogP contribution in [0.3, 0.4) is 0 Å². The van der Waals surface area contributed by atoms with E-state index in [1.807, 2.05) is 0 Å². The van der Waals surface area contributed by atoms with Gasteiger partial charge in [-0.3, -0.25) is 14.1 Å². The number of pyridine rings is 1. The molecule has 1 amide bonds. The van der Waals surface area contributed by atoms with E-state index in [9.17, 15) is 13.2 Å². The summed E-state index contributed by atoms with van der Waals surface area (Å²) in [6.45, 7) is 1.82. The van der Waals surface area contributed by atoms with Gasteiger partial charge in [0.05, 0.1) is 11.9 Å². The first-order valence-corrected chi connectivity index (χ1v) is 9.43. The fourth-order valence-corrected chi connectivity index (χ4v) is 3.61. The topological polar surface area (TPSA) is 79.4 Å². The molecule has 0 saturated heterocycles. The van der Waals surface area contributed by atoms with E-state index in [4.69, 9.17) is 11.6 Å². The Bertz CT molecular complexity index is 812. The zero-order valence-electron chi connectivity index (χ0n) is 13.3. The fraction of sp³-hybridized carbons (Fsp3) is 0.250. The van der Waals surface area contributed by atoms with E-state index in [-0.39, 0.29) is 0 Å². The number of sulfonamides is 1. The van der Waals surface area contributed by atoms with Crippen molar-refractivity contribution in [3.63, 3.8) is 0 Å². The molecule has 0 aliphatic heterocycles. The van der Waals surface area contributed by atoms with Crippen molar-refractivity contribution >= 4 is 33.2 Å². The summed E-state index contributed by atoms with van der Waals surface area (Å²) in [5.74, 6) is -0.405.